The van der Waals surface area contributed by atoms with Gasteiger partial charge < -0.3 is 4.90 Å². The van der Waals surface area contributed by atoms with Crippen LogP contribution in [0.3, 0.4) is 0 Å². The molecule has 0 aromatic heterocycles. The fraction of sp³-hybridized carbons (Fsp3) is 0.417. The van der Waals surface area contributed by atoms with Gasteiger partial charge in [-0.3, -0.25) is 25.0 Å². The normalized spacial score (nSPS) is 10.4. The van der Waals surface area contributed by atoms with Crippen molar-refractivity contribution in [3.63, 3.8) is 0 Å². The Morgan fingerprint density at radius 3 is 2.15 bits per heavy atom. The number of non-ortho nitro benzene ring substituents is 1. The number of benzene rings is 1. The maximum absolute atomic E-state index is 12.2. The molecule has 0 aliphatic rings. The van der Waals surface area contributed by atoms with Crippen molar-refractivity contribution >= 4 is 17.3 Å². The van der Waals surface area contributed by atoms with Crippen LogP contribution in [0.5, 0.6) is 0 Å². The van der Waals surface area contributed by atoms with E-state index in [-0.39, 0.29) is 17.2 Å². The van der Waals surface area contributed by atoms with Crippen molar-refractivity contribution in [2.45, 2.75) is 26.8 Å². The van der Waals surface area contributed by atoms with Gasteiger partial charge in [-0.25, -0.2) is 0 Å². The molecule has 0 fully saturated rings. The van der Waals surface area contributed by atoms with E-state index < -0.39 is 27.1 Å². The van der Waals surface area contributed by atoms with Gasteiger partial charge in [0.15, 0.2) is 0 Å². The molecular formula is C12H15N3O5. The summed E-state index contributed by atoms with van der Waals surface area (Å²) >= 11 is 0. The monoisotopic (exact) mass is 281 g/mol. The summed E-state index contributed by atoms with van der Waals surface area (Å²) in [7, 11) is 1.54. The van der Waals surface area contributed by atoms with Gasteiger partial charge in [-0.2, -0.15) is 0 Å². The van der Waals surface area contributed by atoms with E-state index in [0.717, 1.165) is 12.1 Å². The first kappa shape index (κ1) is 15.5. The van der Waals surface area contributed by atoms with Crippen molar-refractivity contribution in [1.29, 1.82) is 0 Å². The fourth-order valence-electron chi connectivity index (χ4n) is 1.63. The molecule has 0 spiro atoms. The second-order valence-electron chi connectivity index (χ2n) is 4.66. The van der Waals surface area contributed by atoms with E-state index in [1.807, 2.05) is 0 Å². The standard InChI is InChI=1S/C12H15N3O5/c1-7(2)13(4)12(16)10-5-9(14(17)18)6-11(8(10)3)15(19)20/h5-7H,1-4H3. The Bertz CT molecular complexity index is 583. The average molecular weight is 281 g/mol. The molecule has 1 aromatic rings. The molecule has 0 bridgehead atoms. The number of hydrogen-bond acceptors (Lipinski definition) is 5. The third-order valence-corrected chi connectivity index (χ3v) is 3.10. The number of carbonyl (C=O) groups excluding carboxylic acids is 1. The second kappa shape index (κ2) is 5.64. The largest absolute Gasteiger partial charge is 0.339 e. The molecule has 8 heteroatoms. The summed E-state index contributed by atoms with van der Waals surface area (Å²) in [5.41, 5.74) is -0.803. The Morgan fingerprint density at radius 1 is 1.20 bits per heavy atom. The molecule has 0 heterocycles. The van der Waals surface area contributed by atoms with Crippen LogP contribution in [0.15, 0.2) is 12.1 Å². The molecule has 1 amide bonds. The summed E-state index contributed by atoms with van der Waals surface area (Å²) in [5, 5.41) is 21.8. The SMILES string of the molecule is Cc1c(C(=O)N(C)C(C)C)cc([N+](=O)[O-])cc1[N+](=O)[O-]. The summed E-state index contributed by atoms with van der Waals surface area (Å²) in [6.45, 7) is 4.96. The number of amides is 1. The quantitative estimate of drug-likeness (QED) is 0.621. The van der Waals surface area contributed by atoms with Gasteiger partial charge in [-0.1, -0.05) is 0 Å². The smallest absolute Gasteiger partial charge is 0.279 e. The molecule has 0 saturated heterocycles. The molecule has 1 rings (SSSR count). The zero-order valence-electron chi connectivity index (χ0n) is 11.6. The maximum atomic E-state index is 12.2. The van der Waals surface area contributed by atoms with Crippen LogP contribution in [0.2, 0.25) is 0 Å². The van der Waals surface area contributed by atoms with Crippen molar-refractivity contribution in [1.82, 2.24) is 4.90 Å². The zero-order valence-corrected chi connectivity index (χ0v) is 11.6. The summed E-state index contributed by atoms with van der Waals surface area (Å²) in [6, 6.07) is 1.81. The van der Waals surface area contributed by atoms with Crippen molar-refractivity contribution < 1.29 is 14.6 Å². The topological polar surface area (TPSA) is 107 Å². The van der Waals surface area contributed by atoms with E-state index in [4.69, 9.17) is 0 Å². The average Bonchev–Trinajstić information content (AvgIpc) is 2.36. The molecule has 108 valence electrons. The Kier molecular flexibility index (Phi) is 4.38. The van der Waals surface area contributed by atoms with Crippen LogP contribution in [0.4, 0.5) is 11.4 Å². The van der Waals surface area contributed by atoms with E-state index in [1.165, 1.54) is 18.9 Å². The lowest BCUT2D eigenvalue weighted by atomic mass is 10.0. The van der Waals surface area contributed by atoms with Gasteiger partial charge in [0.2, 0.25) is 0 Å². The lowest BCUT2D eigenvalue weighted by Crippen LogP contribution is -2.33. The van der Waals surface area contributed by atoms with E-state index in [0.29, 0.717) is 0 Å². The highest BCUT2D eigenvalue weighted by molar-refractivity contribution is 5.97. The highest BCUT2D eigenvalue weighted by atomic mass is 16.6. The Morgan fingerprint density at radius 2 is 1.75 bits per heavy atom. The van der Waals surface area contributed by atoms with Crippen molar-refractivity contribution in [2.24, 2.45) is 0 Å². The van der Waals surface area contributed by atoms with Crippen LogP contribution < -0.4 is 0 Å². The van der Waals surface area contributed by atoms with Gasteiger partial charge in [-0.05, 0) is 20.8 Å². The Hall–Kier alpha value is -2.51. The molecule has 0 aliphatic carbocycles. The van der Waals surface area contributed by atoms with Crippen LogP contribution >= 0.6 is 0 Å². The molecule has 0 aliphatic heterocycles. The molecule has 0 radical (unpaired) electrons. The Balaban J connectivity index is 3.49. The van der Waals surface area contributed by atoms with Crippen LogP contribution in [0, 0.1) is 27.2 Å². The number of carbonyl (C=O) groups is 1. The molecule has 8 nitrogen and oxygen atoms in total. The van der Waals surface area contributed by atoms with Gasteiger partial charge in [0.1, 0.15) is 0 Å². The summed E-state index contributed by atoms with van der Waals surface area (Å²) < 4.78 is 0. The maximum Gasteiger partial charge on any atom is 0.279 e. The highest BCUT2D eigenvalue weighted by Gasteiger charge is 2.26. The lowest BCUT2D eigenvalue weighted by molar-refractivity contribution is -0.394. The number of rotatable bonds is 4. The summed E-state index contributed by atoms with van der Waals surface area (Å²) in [5.74, 6) is -0.482. The third-order valence-electron chi connectivity index (χ3n) is 3.10. The minimum Gasteiger partial charge on any atom is -0.339 e. The van der Waals surface area contributed by atoms with Gasteiger partial charge in [0, 0.05) is 24.7 Å². The molecule has 0 N–H and O–H groups in total. The van der Waals surface area contributed by atoms with E-state index in [9.17, 15) is 25.0 Å². The summed E-state index contributed by atoms with van der Waals surface area (Å²) in [6.07, 6.45) is 0. The van der Waals surface area contributed by atoms with Gasteiger partial charge >= 0.3 is 0 Å². The third kappa shape index (κ3) is 2.90. The van der Waals surface area contributed by atoms with Gasteiger partial charge in [0.25, 0.3) is 17.3 Å². The number of nitro groups is 2. The van der Waals surface area contributed by atoms with Crippen LogP contribution in [-0.2, 0) is 0 Å². The summed E-state index contributed by atoms with van der Waals surface area (Å²) in [4.78, 5) is 33.9. The highest BCUT2D eigenvalue weighted by Crippen LogP contribution is 2.28. The first-order valence-corrected chi connectivity index (χ1v) is 5.87. The molecule has 1 aromatic carbocycles. The van der Waals surface area contributed by atoms with Gasteiger partial charge in [0.05, 0.1) is 21.5 Å². The molecule has 0 unspecified atom stereocenters. The second-order valence-corrected chi connectivity index (χ2v) is 4.66. The molecule has 0 atom stereocenters. The number of hydrogen-bond donors (Lipinski definition) is 0. The van der Waals surface area contributed by atoms with E-state index in [2.05, 4.69) is 0 Å². The lowest BCUT2D eigenvalue weighted by Gasteiger charge is -2.22. The van der Waals surface area contributed by atoms with E-state index >= 15 is 0 Å². The van der Waals surface area contributed by atoms with E-state index in [1.54, 1.807) is 13.8 Å². The molecule has 0 saturated carbocycles. The molecule has 20 heavy (non-hydrogen) atoms. The van der Waals surface area contributed by atoms with Crippen molar-refractivity contribution in [3.8, 4) is 0 Å². The fourth-order valence-corrected chi connectivity index (χ4v) is 1.63. The molecular weight excluding hydrogens is 266 g/mol. The van der Waals surface area contributed by atoms with Crippen molar-refractivity contribution in [3.05, 3.63) is 43.5 Å². The van der Waals surface area contributed by atoms with Crippen molar-refractivity contribution in [2.75, 3.05) is 7.05 Å². The predicted molar refractivity (Wildman–Crippen MR) is 71.7 cm³/mol. The van der Waals surface area contributed by atoms with Crippen LogP contribution in [0.25, 0.3) is 0 Å². The minimum absolute atomic E-state index is 0.0258. The van der Waals surface area contributed by atoms with Crippen LogP contribution in [-0.4, -0.2) is 33.7 Å². The first-order chi connectivity index (χ1) is 9.16. The number of nitrogens with zero attached hydrogens (tertiary/aromatic N) is 3. The van der Waals surface area contributed by atoms with Gasteiger partial charge in [-0.15, -0.1) is 0 Å². The predicted octanol–water partition coefficient (Wildman–Crippen LogP) is 2.29. The van der Waals surface area contributed by atoms with Crippen LogP contribution in [0.1, 0.15) is 29.8 Å². The minimum atomic E-state index is -0.751. The zero-order chi connectivity index (χ0) is 15.6. The number of nitro benzene ring substituents is 2. The first-order valence-electron chi connectivity index (χ1n) is 5.87. The Labute approximate surface area is 115 Å².